The Labute approximate surface area is 126 Å². The summed E-state index contributed by atoms with van der Waals surface area (Å²) in [6, 6.07) is 3.27. The van der Waals surface area contributed by atoms with Crippen molar-refractivity contribution in [3.05, 3.63) is 39.1 Å². The van der Waals surface area contributed by atoms with Crippen molar-refractivity contribution in [3.8, 4) is 5.69 Å². The Kier molecular flexibility index (Phi) is 5.05. The molecule has 0 amide bonds. The van der Waals surface area contributed by atoms with E-state index in [1.807, 2.05) is 6.20 Å². The van der Waals surface area contributed by atoms with E-state index in [2.05, 4.69) is 22.6 Å². The molecule has 0 aliphatic carbocycles. The standard InChI is InChI=1S/C12H13Cl3N4/c1-2-3-16-6-8-7-19(18-17-8)12-5-10(14)9(13)4-11(12)15/h4-5,7,16H,2-3,6H2,1H3. The average Bonchev–Trinajstić information content (AvgIpc) is 2.83. The van der Waals surface area contributed by atoms with Crippen molar-refractivity contribution in [2.45, 2.75) is 19.9 Å². The van der Waals surface area contributed by atoms with E-state index in [0.29, 0.717) is 27.3 Å². The van der Waals surface area contributed by atoms with Crippen molar-refractivity contribution in [2.24, 2.45) is 0 Å². The molecule has 0 aliphatic rings. The molecule has 19 heavy (non-hydrogen) atoms. The highest BCUT2D eigenvalue weighted by atomic mass is 35.5. The van der Waals surface area contributed by atoms with Crippen molar-refractivity contribution >= 4 is 34.8 Å². The van der Waals surface area contributed by atoms with Gasteiger partial charge in [-0.3, -0.25) is 0 Å². The molecule has 0 unspecified atom stereocenters. The van der Waals surface area contributed by atoms with E-state index in [1.54, 1.807) is 16.8 Å². The van der Waals surface area contributed by atoms with Crippen LogP contribution in [0.1, 0.15) is 19.0 Å². The van der Waals surface area contributed by atoms with E-state index in [4.69, 9.17) is 34.8 Å². The van der Waals surface area contributed by atoms with Crippen LogP contribution in [0.4, 0.5) is 0 Å². The van der Waals surface area contributed by atoms with Gasteiger partial charge < -0.3 is 5.32 Å². The highest BCUT2D eigenvalue weighted by molar-refractivity contribution is 6.43. The number of benzene rings is 1. The smallest absolute Gasteiger partial charge is 0.0969 e. The van der Waals surface area contributed by atoms with Gasteiger partial charge in [-0.1, -0.05) is 46.9 Å². The number of rotatable bonds is 5. The Morgan fingerprint density at radius 3 is 2.63 bits per heavy atom. The summed E-state index contributed by atoms with van der Waals surface area (Å²) in [5.74, 6) is 0. The van der Waals surface area contributed by atoms with Gasteiger partial charge >= 0.3 is 0 Å². The molecule has 0 atom stereocenters. The van der Waals surface area contributed by atoms with E-state index >= 15 is 0 Å². The van der Waals surface area contributed by atoms with E-state index in [1.165, 1.54) is 0 Å². The van der Waals surface area contributed by atoms with E-state index in [0.717, 1.165) is 18.7 Å². The van der Waals surface area contributed by atoms with Gasteiger partial charge in [-0.2, -0.15) is 0 Å². The maximum atomic E-state index is 6.12. The largest absolute Gasteiger partial charge is 0.311 e. The Hall–Kier alpha value is -0.810. The zero-order valence-corrected chi connectivity index (χ0v) is 12.6. The van der Waals surface area contributed by atoms with Crippen molar-refractivity contribution in [1.29, 1.82) is 0 Å². The summed E-state index contributed by atoms with van der Waals surface area (Å²) < 4.78 is 1.59. The first kappa shape index (κ1) is 14.6. The summed E-state index contributed by atoms with van der Waals surface area (Å²) in [5.41, 5.74) is 1.50. The first-order chi connectivity index (χ1) is 9.11. The Morgan fingerprint density at radius 2 is 1.89 bits per heavy atom. The fourth-order valence-corrected chi connectivity index (χ4v) is 2.21. The third-order valence-electron chi connectivity index (χ3n) is 2.51. The lowest BCUT2D eigenvalue weighted by atomic mass is 10.3. The number of nitrogens with one attached hydrogen (secondary N) is 1. The predicted molar refractivity (Wildman–Crippen MR) is 78.4 cm³/mol. The molecule has 0 aliphatic heterocycles. The molecule has 0 saturated carbocycles. The first-order valence-electron chi connectivity index (χ1n) is 5.88. The van der Waals surface area contributed by atoms with Gasteiger partial charge in [0.1, 0.15) is 0 Å². The van der Waals surface area contributed by atoms with Gasteiger partial charge in [0, 0.05) is 6.54 Å². The minimum Gasteiger partial charge on any atom is -0.311 e. The number of nitrogens with zero attached hydrogens (tertiary/aromatic N) is 3. The third kappa shape index (κ3) is 3.60. The summed E-state index contributed by atoms with van der Waals surface area (Å²) >= 11 is 18.0. The molecule has 2 aromatic rings. The lowest BCUT2D eigenvalue weighted by Crippen LogP contribution is -2.13. The Bertz CT molecular complexity index is 568. The van der Waals surface area contributed by atoms with Crippen LogP contribution in [0.3, 0.4) is 0 Å². The monoisotopic (exact) mass is 318 g/mol. The zero-order chi connectivity index (χ0) is 13.8. The van der Waals surface area contributed by atoms with Crippen LogP contribution in [0.2, 0.25) is 15.1 Å². The molecule has 1 aromatic heterocycles. The fraction of sp³-hybridized carbons (Fsp3) is 0.333. The van der Waals surface area contributed by atoms with Gasteiger partial charge in [0.15, 0.2) is 0 Å². The van der Waals surface area contributed by atoms with Crippen LogP contribution in [-0.2, 0) is 6.54 Å². The van der Waals surface area contributed by atoms with E-state index in [-0.39, 0.29) is 0 Å². The minimum atomic E-state index is 0.417. The molecule has 1 aromatic carbocycles. The second kappa shape index (κ2) is 6.57. The second-order valence-electron chi connectivity index (χ2n) is 4.05. The molecule has 0 radical (unpaired) electrons. The van der Waals surface area contributed by atoms with Gasteiger partial charge in [0.2, 0.25) is 0 Å². The molecule has 0 spiro atoms. The number of hydrogen-bond acceptors (Lipinski definition) is 3. The van der Waals surface area contributed by atoms with Crippen LogP contribution in [-0.4, -0.2) is 21.5 Å². The third-order valence-corrected chi connectivity index (χ3v) is 3.54. The Morgan fingerprint density at radius 1 is 1.16 bits per heavy atom. The summed E-state index contributed by atoms with van der Waals surface area (Å²) in [4.78, 5) is 0. The number of hydrogen-bond donors (Lipinski definition) is 1. The number of halogens is 3. The summed E-state index contributed by atoms with van der Waals surface area (Å²) in [6.45, 7) is 3.73. The maximum absolute atomic E-state index is 6.12. The normalized spacial score (nSPS) is 10.9. The summed E-state index contributed by atoms with van der Waals surface area (Å²) in [7, 11) is 0. The van der Waals surface area contributed by atoms with Gasteiger partial charge in [-0.25, -0.2) is 4.68 Å². The lowest BCUT2D eigenvalue weighted by molar-refractivity contribution is 0.662. The van der Waals surface area contributed by atoms with Gasteiger partial charge in [-0.15, -0.1) is 5.10 Å². The molecule has 7 heteroatoms. The van der Waals surface area contributed by atoms with Gasteiger partial charge in [0.05, 0.1) is 32.6 Å². The van der Waals surface area contributed by atoms with Crippen LogP contribution in [0.25, 0.3) is 5.69 Å². The number of aromatic nitrogens is 3. The molecular weight excluding hydrogens is 307 g/mol. The van der Waals surface area contributed by atoms with Crippen LogP contribution >= 0.6 is 34.8 Å². The Balaban J connectivity index is 2.20. The van der Waals surface area contributed by atoms with E-state index < -0.39 is 0 Å². The fourth-order valence-electron chi connectivity index (χ4n) is 1.58. The topological polar surface area (TPSA) is 42.7 Å². The first-order valence-corrected chi connectivity index (χ1v) is 7.02. The van der Waals surface area contributed by atoms with Crippen molar-refractivity contribution in [1.82, 2.24) is 20.3 Å². The molecule has 1 heterocycles. The van der Waals surface area contributed by atoms with Crippen LogP contribution in [0, 0.1) is 0 Å². The molecule has 0 fully saturated rings. The molecule has 4 nitrogen and oxygen atoms in total. The van der Waals surface area contributed by atoms with Gasteiger partial charge in [0.25, 0.3) is 0 Å². The lowest BCUT2D eigenvalue weighted by Gasteiger charge is -2.05. The van der Waals surface area contributed by atoms with Crippen molar-refractivity contribution in [2.75, 3.05) is 6.54 Å². The summed E-state index contributed by atoms with van der Waals surface area (Å²) in [5, 5.41) is 12.7. The SMILES string of the molecule is CCCNCc1cn(-c2cc(Cl)c(Cl)cc2Cl)nn1. The second-order valence-corrected chi connectivity index (χ2v) is 5.27. The minimum absolute atomic E-state index is 0.417. The zero-order valence-electron chi connectivity index (χ0n) is 10.3. The van der Waals surface area contributed by atoms with Gasteiger partial charge in [-0.05, 0) is 25.1 Å². The van der Waals surface area contributed by atoms with Crippen molar-refractivity contribution in [3.63, 3.8) is 0 Å². The van der Waals surface area contributed by atoms with Crippen LogP contribution < -0.4 is 5.32 Å². The molecular formula is C12H13Cl3N4. The quantitative estimate of drug-likeness (QED) is 0.674. The highest BCUT2D eigenvalue weighted by Gasteiger charge is 2.10. The van der Waals surface area contributed by atoms with Crippen LogP contribution in [0.15, 0.2) is 18.3 Å². The average molecular weight is 320 g/mol. The predicted octanol–water partition coefficient (Wildman–Crippen LogP) is 3.73. The summed E-state index contributed by atoms with van der Waals surface area (Å²) in [6.07, 6.45) is 2.89. The molecule has 1 N–H and O–H groups in total. The van der Waals surface area contributed by atoms with Crippen LogP contribution in [0.5, 0.6) is 0 Å². The van der Waals surface area contributed by atoms with Crippen molar-refractivity contribution < 1.29 is 0 Å². The maximum Gasteiger partial charge on any atom is 0.0969 e. The molecule has 0 bridgehead atoms. The molecule has 102 valence electrons. The molecule has 0 saturated heterocycles. The molecule has 2 rings (SSSR count). The highest BCUT2D eigenvalue weighted by Crippen LogP contribution is 2.30. The van der Waals surface area contributed by atoms with E-state index in [9.17, 15) is 0 Å².